The number of hydrogen-bond donors (Lipinski definition) is 2. The van der Waals surface area contributed by atoms with Crippen molar-refractivity contribution in [3.63, 3.8) is 0 Å². The van der Waals surface area contributed by atoms with E-state index in [1.54, 1.807) is 12.4 Å². The Balaban J connectivity index is 1.65. The van der Waals surface area contributed by atoms with Crippen LogP contribution < -0.4 is 5.32 Å². The quantitative estimate of drug-likeness (QED) is 0.770. The third-order valence-corrected chi connectivity index (χ3v) is 3.11. The van der Waals surface area contributed by atoms with Gasteiger partial charge >= 0.3 is 0 Å². The molecule has 3 rings (SSSR count). The topological polar surface area (TPSA) is 70.7 Å². The molecule has 0 atom stereocenters. The van der Waals surface area contributed by atoms with Crippen LogP contribution in [0.4, 0.5) is 5.69 Å². The Labute approximate surface area is 122 Å². The van der Waals surface area contributed by atoms with Crippen molar-refractivity contribution < 1.29 is 4.79 Å². The number of nitrogens with one attached hydrogen (secondary N) is 2. The largest absolute Gasteiger partial charge is 0.341 e. The van der Waals surface area contributed by atoms with Crippen molar-refractivity contribution >= 4 is 11.6 Å². The molecule has 0 fully saturated rings. The number of aromatic amines is 1. The molecule has 0 aliphatic heterocycles. The summed E-state index contributed by atoms with van der Waals surface area (Å²) in [5.74, 6) is -0.200. The van der Waals surface area contributed by atoms with Crippen LogP contribution in [0.1, 0.15) is 21.6 Å². The number of H-pyrrole nitrogens is 1. The van der Waals surface area contributed by atoms with Crippen molar-refractivity contribution in [2.45, 2.75) is 6.42 Å². The molecule has 0 aliphatic rings. The van der Waals surface area contributed by atoms with Crippen LogP contribution in [-0.2, 0) is 6.42 Å². The number of anilines is 1. The highest BCUT2D eigenvalue weighted by atomic mass is 16.1. The molecular weight excluding hydrogens is 264 g/mol. The average Bonchev–Trinajstić information content (AvgIpc) is 3.05. The second-order valence-electron chi connectivity index (χ2n) is 4.65. The molecule has 0 unspecified atom stereocenters. The van der Waals surface area contributed by atoms with Gasteiger partial charge in [0.2, 0.25) is 0 Å². The minimum atomic E-state index is -0.200. The number of carbonyl (C=O) groups is 1. The van der Waals surface area contributed by atoms with Crippen molar-refractivity contribution in [3.05, 3.63) is 78.1 Å². The molecular formula is C16H14N4O. The van der Waals surface area contributed by atoms with Gasteiger partial charge in [-0.05, 0) is 41.8 Å². The molecule has 0 bridgehead atoms. The first-order valence-corrected chi connectivity index (χ1v) is 6.59. The molecule has 2 aromatic heterocycles. The van der Waals surface area contributed by atoms with Gasteiger partial charge in [-0.3, -0.25) is 9.78 Å². The first-order valence-electron chi connectivity index (χ1n) is 6.59. The molecule has 104 valence electrons. The summed E-state index contributed by atoms with van der Waals surface area (Å²) in [6.45, 7) is 0. The predicted octanol–water partition coefficient (Wildman–Crippen LogP) is 2.65. The first-order chi connectivity index (χ1) is 10.3. The molecule has 2 heterocycles. The van der Waals surface area contributed by atoms with E-state index >= 15 is 0 Å². The van der Waals surface area contributed by atoms with Crippen LogP contribution in [0.2, 0.25) is 0 Å². The fraction of sp³-hybridized carbons (Fsp3) is 0.0625. The van der Waals surface area contributed by atoms with Gasteiger partial charge in [0, 0.05) is 18.1 Å². The van der Waals surface area contributed by atoms with E-state index < -0.39 is 0 Å². The number of aromatic nitrogens is 3. The Hall–Kier alpha value is -2.95. The monoisotopic (exact) mass is 278 g/mol. The third kappa shape index (κ3) is 3.33. The SMILES string of the molecule is O=C(Nc1ccc(Cc2ccncc2)cc1)c1cnc[nH]1. The Kier molecular flexibility index (Phi) is 3.73. The van der Waals surface area contributed by atoms with Gasteiger partial charge in [0.25, 0.3) is 5.91 Å². The van der Waals surface area contributed by atoms with Crippen molar-refractivity contribution in [2.24, 2.45) is 0 Å². The molecule has 0 spiro atoms. The lowest BCUT2D eigenvalue weighted by Gasteiger charge is -2.06. The van der Waals surface area contributed by atoms with E-state index in [0.29, 0.717) is 5.69 Å². The molecule has 3 aromatic rings. The smallest absolute Gasteiger partial charge is 0.273 e. The fourth-order valence-corrected chi connectivity index (χ4v) is 2.02. The minimum absolute atomic E-state index is 0.200. The molecule has 5 heteroatoms. The number of carbonyl (C=O) groups excluding carboxylic acids is 1. The number of benzene rings is 1. The number of hydrogen-bond acceptors (Lipinski definition) is 3. The van der Waals surface area contributed by atoms with Gasteiger partial charge < -0.3 is 10.3 Å². The van der Waals surface area contributed by atoms with Gasteiger partial charge in [0.15, 0.2) is 0 Å². The lowest BCUT2D eigenvalue weighted by atomic mass is 10.1. The molecule has 0 saturated heterocycles. The normalized spacial score (nSPS) is 10.3. The Bertz CT molecular complexity index is 706. The van der Waals surface area contributed by atoms with Gasteiger partial charge in [-0.15, -0.1) is 0 Å². The van der Waals surface area contributed by atoms with E-state index in [2.05, 4.69) is 20.3 Å². The number of amides is 1. The van der Waals surface area contributed by atoms with Crippen molar-refractivity contribution in [2.75, 3.05) is 5.32 Å². The molecule has 5 nitrogen and oxygen atoms in total. The number of nitrogens with zero attached hydrogens (tertiary/aromatic N) is 2. The molecule has 0 radical (unpaired) electrons. The maximum absolute atomic E-state index is 11.9. The average molecular weight is 278 g/mol. The highest BCUT2D eigenvalue weighted by Gasteiger charge is 2.06. The first kappa shape index (κ1) is 13.1. The zero-order chi connectivity index (χ0) is 14.5. The predicted molar refractivity (Wildman–Crippen MR) is 80.0 cm³/mol. The Morgan fingerprint density at radius 3 is 2.38 bits per heavy atom. The number of imidazole rings is 1. The molecule has 1 amide bonds. The van der Waals surface area contributed by atoms with Crippen LogP contribution in [0, 0.1) is 0 Å². The summed E-state index contributed by atoms with van der Waals surface area (Å²) in [6.07, 6.45) is 7.39. The van der Waals surface area contributed by atoms with Crippen LogP contribution in [0.3, 0.4) is 0 Å². The van der Waals surface area contributed by atoms with Crippen molar-refractivity contribution in [1.29, 1.82) is 0 Å². The van der Waals surface area contributed by atoms with Gasteiger partial charge in [0.1, 0.15) is 5.69 Å². The van der Waals surface area contributed by atoms with E-state index in [9.17, 15) is 4.79 Å². The second kappa shape index (κ2) is 6.00. The Morgan fingerprint density at radius 1 is 1.00 bits per heavy atom. The lowest BCUT2D eigenvalue weighted by Crippen LogP contribution is -2.12. The third-order valence-electron chi connectivity index (χ3n) is 3.11. The zero-order valence-corrected chi connectivity index (χ0v) is 11.3. The summed E-state index contributed by atoms with van der Waals surface area (Å²) in [5, 5.41) is 2.82. The van der Waals surface area contributed by atoms with Gasteiger partial charge in [-0.2, -0.15) is 0 Å². The Morgan fingerprint density at radius 2 is 1.71 bits per heavy atom. The minimum Gasteiger partial charge on any atom is -0.341 e. The van der Waals surface area contributed by atoms with E-state index in [-0.39, 0.29) is 5.91 Å². The van der Waals surface area contributed by atoms with Crippen LogP contribution in [0.5, 0.6) is 0 Å². The highest BCUT2D eigenvalue weighted by Crippen LogP contribution is 2.13. The highest BCUT2D eigenvalue weighted by molar-refractivity contribution is 6.02. The van der Waals surface area contributed by atoms with Gasteiger partial charge in [0.05, 0.1) is 12.5 Å². The van der Waals surface area contributed by atoms with Gasteiger partial charge in [-0.1, -0.05) is 12.1 Å². The maximum Gasteiger partial charge on any atom is 0.273 e. The summed E-state index contributed by atoms with van der Waals surface area (Å²) in [7, 11) is 0. The van der Waals surface area contributed by atoms with Crippen LogP contribution in [0.15, 0.2) is 61.3 Å². The fourth-order valence-electron chi connectivity index (χ4n) is 2.02. The van der Waals surface area contributed by atoms with Crippen LogP contribution in [0.25, 0.3) is 0 Å². The second-order valence-corrected chi connectivity index (χ2v) is 4.65. The maximum atomic E-state index is 11.9. The van der Waals surface area contributed by atoms with Crippen LogP contribution >= 0.6 is 0 Å². The molecule has 0 saturated carbocycles. The molecule has 21 heavy (non-hydrogen) atoms. The van der Waals surface area contributed by atoms with Gasteiger partial charge in [-0.25, -0.2) is 4.98 Å². The van der Waals surface area contributed by atoms with Crippen molar-refractivity contribution in [1.82, 2.24) is 15.0 Å². The summed E-state index contributed by atoms with van der Waals surface area (Å²) in [4.78, 5) is 22.5. The zero-order valence-electron chi connectivity index (χ0n) is 11.3. The number of rotatable bonds is 4. The van der Waals surface area contributed by atoms with Crippen molar-refractivity contribution in [3.8, 4) is 0 Å². The van der Waals surface area contributed by atoms with E-state index in [1.165, 1.54) is 23.7 Å². The van der Waals surface area contributed by atoms with Crippen LogP contribution in [-0.4, -0.2) is 20.9 Å². The summed E-state index contributed by atoms with van der Waals surface area (Å²) in [6, 6.07) is 11.8. The van der Waals surface area contributed by atoms with E-state index in [4.69, 9.17) is 0 Å². The standard InChI is InChI=1S/C16H14N4O/c21-16(15-10-18-11-19-15)20-14-3-1-12(2-4-14)9-13-5-7-17-8-6-13/h1-8,10-11H,9H2,(H,18,19)(H,20,21). The number of pyridine rings is 1. The van der Waals surface area contributed by atoms with E-state index in [1.807, 2.05) is 36.4 Å². The summed E-state index contributed by atoms with van der Waals surface area (Å²) < 4.78 is 0. The summed E-state index contributed by atoms with van der Waals surface area (Å²) in [5.41, 5.74) is 3.59. The summed E-state index contributed by atoms with van der Waals surface area (Å²) >= 11 is 0. The lowest BCUT2D eigenvalue weighted by molar-refractivity contribution is 0.102. The molecule has 2 N–H and O–H groups in total. The molecule has 0 aliphatic carbocycles. The van der Waals surface area contributed by atoms with E-state index in [0.717, 1.165) is 12.1 Å². The molecule has 1 aromatic carbocycles.